The van der Waals surface area contributed by atoms with E-state index in [1.54, 1.807) is 0 Å². The van der Waals surface area contributed by atoms with Crippen molar-refractivity contribution in [3.63, 3.8) is 0 Å². The van der Waals surface area contributed by atoms with E-state index in [9.17, 15) is 0 Å². The van der Waals surface area contributed by atoms with Crippen LogP contribution in [0.3, 0.4) is 0 Å². The number of aromatic nitrogens is 3. The zero-order valence-corrected chi connectivity index (χ0v) is 14.8. The largest absolute Gasteiger partial charge is 0.327 e. The third-order valence-corrected chi connectivity index (χ3v) is 5.90. The lowest BCUT2D eigenvalue weighted by atomic mass is 9.91. The number of imidazole rings is 1. The van der Waals surface area contributed by atoms with Crippen molar-refractivity contribution in [2.24, 2.45) is 0 Å². The lowest BCUT2D eigenvalue weighted by Crippen LogP contribution is -2.41. The van der Waals surface area contributed by atoms with E-state index in [2.05, 4.69) is 44.8 Å². The van der Waals surface area contributed by atoms with Crippen molar-refractivity contribution in [1.29, 1.82) is 0 Å². The summed E-state index contributed by atoms with van der Waals surface area (Å²) in [7, 11) is 0. The molecule has 0 unspecified atom stereocenters. The number of nitrogens with zero attached hydrogens (tertiary/aromatic N) is 4. The number of rotatable bonds is 2. The molecule has 128 valence electrons. The summed E-state index contributed by atoms with van der Waals surface area (Å²) < 4.78 is 2.44. The van der Waals surface area contributed by atoms with Crippen LogP contribution in [0.2, 0.25) is 0 Å². The first-order valence-corrected chi connectivity index (χ1v) is 9.44. The molecule has 0 amide bonds. The summed E-state index contributed by atoms with van der Waals surface area (Å²) >= 11 is 0. The highest BCUT2D eigenvalue weighted by Gasteiger charge is 2.27. The predicted octanol–water partition coefficient (Wildman–Crippen LogP) is 3.82. The lowest BCUT2D eigenvalue weighted by Gasteiger charge is -2.36. The highest BCUT2D eigenvalue weighted by atomic mass is 15.2. The molecule has 5 rings (SSSR count). The van der Waals surface area contributed by atoms with E-state index in [4.69, 9.17) is 4.98 Å². The molecule has 25 heavy (non-hydrogen) atoms. The minimum atomic E-state index is 0.830. The molecule has 0 saturated heterocycles. The summed E-state index contributed by atoms with van der Waals surface area (Å²) in [5, 5.41) is 0. The molecule has 1 aliphatic carbocycles. The normalized spacial score (nSPS) is 18.8. The van der Waals surface area contributed by atoms with Gasteiger partial charge >= 0.3 is 0 Å². The summed E-state index contributed by atoms with van der Waals surface area (Å²) in [6.45, 7) is 5.40. The van der Waals surface area contributed by atoms with E-state index in [1.807, 2.05) is 13.1 Å². The van der Waals surface area contributed by atoms with Gasteiger partial charge in [0, 0.05) is 49.6 Å². The summed E-state index contributed by atoms with van der Waals surface area (Å²) in [5.74, 6) is 1.25. The van der Waals surface area contributed by atoms with Crippen LogP contribution in [0.4, 0.5) is 0 Å². The number of pyridine rings is 1. The van der Waals surface area contributed by atoms with Crippen molar-refractivity contribution in [1.82, 2.24) is 19.4 Å². The van der Waals surface area contributed by atoms with Gasteiger partial charge in [0.05, 0.1) is 11.0 Å². The van der Waals surface area contributed by atoms with Crippen LogP contribution in [0, 0.1) is 6.92 Å². The van der Waals surface area contributed by atoms with E-state index in [0.29, 0.717) is 0 Å². The minimum absolute atomic E-state index is 0.830. The molecule has 3 heterocycles. The fourth-order valence-electron chi connectivity index (χ4n) is 4.14. The van der Waals surface area contributed by atoms with Crippen molar-refractivity contribution in [3.8, 4) is 11.1 Å². The topological polar surface area (TPSA) is 34.0 Å². The van der Waals surface area contributed by atoms with E-state index in [-0.39, 0.29) is 0 Å². The monoisotopic (exact) mass is 332 g/mol. The van der Waals surface area contributed by atoms with Crippen LogP contribution in [0.15, 0.2) is 36.5 Å². The van der Waals surface area contributed by atoms with Gasteiger partial charge in [-0.1, -0.05) is 18.6 Å². The Hall–Kier alpha value is -2.20. The number of hydrogen-bond acceptors (Lipinski definition) is 3. The van der Waals surface area contributed by atoms with Gasteiger partial charge < -0.3 is 4.57 Å². The summed E-state index contributed by atoms with van der Waals surface area (Å²) in [5.41, 5.74) is 5.80. The number of benzene rings is 1. The van der Waals surface area contributed by atoms with Crippen LogP contribution in [0.5, 0.6) is 0 Å². The fraction of sp³-hybridized carbons (Fsp3) is 0.429. The maximum absolute atomic E-state index is 4.97. The zero-order chi connectivity index (χ0) is 16.8. The Kier molecular flexibility index (Phi) is 3.59. The molecular formula is C21H24N4. The van der Waals surface area contributed by atoms with Crippen molar-refractivity contribution in [2.45, 2.75) is 45.2 Å². The van der Waals surface area contributed by atoms with Gasteiger partial charge in [-0.2, -0.15) is 0 Å². The highest BCUT2D eigenvalue weighted by molar-refractivity contribution is 5.82. The van der Waals surface area contributed by atoms with E-state index >= 15 is 0 Å². The molecule has 0 radical (unpaired) electrons. The zero-order valence-electron chi connectivity index (χ0n) is 14.8. The Balaban J connectivity index is 1.46. The quantitative estimate of drug-likeness (QED) is 0.715. The second-order valence-electron chi connectivity index (χ2n) is 7.44. The molecule has 0 spiro atoms. The minimum Gasteiger partial charge on any atom is -0.327 e. The second-order valence-corrected chi connectivity index (χ2v) is 7.44. The third kappa shape index (κ3) is 2.65. The summed E-state index contributed by atoms with van der Waals surface area (Å²) in [6.07, 6.45) is 7.19. The molecule has 0 bridgehead atoms. The first-order chi connectivity index (χ1) is 12.3. The third-order valence-electron chi connectivity index (χ3n) is 5.90. The Morgan fingerprint density at radius 2 is 1.88 bits per heavy atom. The molecule has 1 aliphatic heterocycles. The number of aryl methyl sites for hydroxylation is 1. The first-order valence-electron chi connectivity index (χ1n) is 9.44. The van der Waals surface area contributed by atoms with Gasteiger partial charge in [-0.3, -0.25) is 9.88 Å². The SMILES string of the molecule is Cc1ccc(-c2ccc3c(c2)nc2n3CCN(C3CCC3)CC2)cn1. The molecule has 0 N–H and O–H groups in total. The number of hydrogen-bond donors (Lipinski definition) is 0. The highest BCUT2D eigenvalue weighted by Crippen LogP contribution is 2.29. The molecule has 0 atom stereocenters. The average molecular weight is 332 g/mol. The Morgan fingerprint density at radius 1 is 1.00 bits per heavy atom. The maximum atomic E-state index is 4.97. The van der Waals surface area contributed by atoms with Crippen LogP contribution >= 0.6 is 0 Å². The number of fused-ring (bicyclic) bond motifs is 3. The molecule has 1 saturated carbocycles. The van der Waals surface area contributed by atoms with Crippen LogP contribution in [0.25, 0.3) is 22.2 Å². The van der Waals surface area contributed by atoms with Gasteiger partial charge in [0.25, 0.3) is 0 Å². The molecule has 2 aliphatic rings. The summed E-state index contributed by atoms with van der Waals surface area (Å²) in [4.78, 5) is 12.1. The average Bonchev–Trinajstić information content (AvgIpc) is 2.80. The molecule has 3 aromatic rings. The van der Waals surface area contributed by atoms with Crippen molar-refractivity contribution < 1.29 is 0 Å². The van der Waals surface area contributed by atoms with Crippen LogP contribution in [-0.2, 0) is 13.0 Å². The van der Waals surface area contributed by atoms with Crippen molar-refractivity contribution in [3.05, 3.63) is 48.0 Å². The molecule has 4 nitrogen and oxygen atoms in total. The first kappa shape index (κ1) is 15.1. The van der Waals surface area contributed by atoms with Crippen LogP contribution in [0.1, 0.15) is 30.8 Å². The smallest absolute Gasteiger partial charge is 0.111 e. The van der Waals surface area contributed by atoms with Gasteiger partial charge in [0.15, 0.2) is 0 Å². The van der Waals surface area contributed by atoms with Gasteiger partial charge in [-0.15, -0.1) is 0 Å². The Morgan fingerprint density at radius 3 is 2.64 bits per heavy atom. The van der Waals surface area contributed by atoms with Crippen LogP contribution in [-0.4, -0.2) is 38.6 Å². The fourth-order valence-corrected chi connectivity index (χ4v) is 4.14. The van der Waals surface area contributed by atoms with E-state index in [1.165, 1.54) is 36.2 Å². The molecule has 1 fully saturated rings. The summed E-state index contributed by atoms with van der Waals surface area (Å²) in [6, 6.07) is 11.7. The standard InChI is InChI=1S/C21H24N4/c1-15-5-6-17(14-22-15)16-7-8-20-19(13-16)23-21-9-10-24(11-12-25(20)21)18-3-2-4-18/h5-8,13-14,18H,2-4,9-12H2,1H3. The lowest BCUT2D eigenvalue weighted by molar-refractivity contribution is 0.130. The van der Waals surface area contributed by atoms with Gasteiger partial charge in [0.1, 0.15) is 5.82 Å². The van der Waals surface area contributed by atoms with E-state index < -0.39 is 0 Å². The molecule has 1 aromatic carbocycles. The Bertz CT molecular complexity index is 906. The Labute approximate surface area is 148 Å². The van der Waals surface area contributed by atoms with Gasteiger partial charge in [-0.05, 0) is 43.5 Å². The molecular weight excluding hydrogens is 308 g/mol. The van der Waals surface area contributed by atoms with E-state index in [0.717, 1.165) is 48.9 Å². The van der Waals surface area contributed by atoms with Crippen molar-refractivity contribution in [2.75, 3.05) is 13.1 Å². The predicted molar refractivity (Wildman–Crippen MR) is 101 cm³/mol. The molecule has 2 aromatic heterocycles. The molecule has 4 heteroatoms. The second kappa shape index (κ2) is 5.95. The van der Waals surface area contributed by atoms with Gasteiger partial charge in [0.2, 0.25) is 0 Å². The maximum Gasteiger partial charge on any atom is 0.111 e. The van der Waals surface area contributed by atoms with Gasteiger partial charge in [-0.25, -0.2) is 4.98 Å². The van der Waals surface area contributed by atoms with Crippen molar-refractivity contribution >= 4 is 11.0 Å². The van der Waals surface area contributed by atoms with Crippen LogP contribution < -0.4 is 0 Å².